The van der Waals surface area contributed by atoms with Gasteiger partial charge in [0.05, 0.1) is 12.8 Å². The fraction of sp³-hybridized carbons (Fsp3) is 0.429. The van der Waals surface area contributed by atoms with Crippen LogP contribution in [0.2, 0.25) is 0 Å². The number of hydrogen-bond acceptors (Lipinski definition) is 2. The Morgan fingerprint density at radius 3 is 2.94 bits per heavy atom. The number of hydrogen-bond donors (Lipinski definition) is 0. The molecule has 0 fully saturated rings. The van der Waals surface area contributed by atoms with Crippen LogP contribution in [-0.4, -0.2) is 12.1 Å². The lowest BCUT2D eigenvalue weighted by Crippen LogP contribution is -1.92. The molecule has 0 saturated heterocycles. The van der Waals surface area contributed by atoms with Crippen molar-refractivity contribution in [2.75, 3.05) is 7.11 Å². The molecule has 1 rings (SSSR count). The van der Waals surface area contributed by atoms with Gasteiger partial charge < -0.3 is 4.74 Å². The van der Waals surface area contributed by atoms with E-state index in [4.69, 9.17) is 4.74 Å². The highest BCUT2D eigenvalue weighted by molar-refractivity contribution is 5.62. The van der Waals surface area contributed by atoms with Crippen LogP contribution in [0.3, 0.4) is 0 Å². The molecule has 0 N–H and O–H groups in total. The molecule has 0 atom stereocenters. The normalized spacial score (nSPS) is 9.44. The molecule has 0 saturated carbocycles. The molecule has 2 heteroatoms. The number of allylic oxidation sites excluding steroid dienone is 1. The van der Waals surface area contributed by atoms with Gasteiger partial charge in [-0.3, -0.25) is 0 Å². The first-order valence-electron chi connectivity index (χ1n) is 5.73. The Kier molecular flexibility index (Phi) is 5.38. The van der Waals surface area contributed by atoms with Gasteiger partial charge in [0.15, 0.2) is 0 Å². The minimum absolute atomic E-state index is 0.657. The van der Waals surface area contributed by atoms with Crippen molar-refractivity contribution in [3.63, 3.8) is 0 Å². The standard InChI is InChI=1S/C14H19NO/c1-4-6-9-12(8-5-2)13-10-7-11-14(15-13)16-3/h5,7,10-11H,4,6,9H2,1-3H3. The van der Waals surface area contributed by atoms with Gasteiger partial charge in [0.25, 0.3) is 0 Å². The van der Waals surface area contributed by atoms with Gasteiger partial charge >= 0.3 is 0 Å². The largest absolute Gasteiger partial charge is 0.481 e. The van der Waals surface area contributed by atoms with Crippen LogP contribution in [0.1, 0.15) is 38.8 Å². The molecule has 0 spiro atoms. The Morgan fingerprint density at radius 1 is 1.50 bits per heavy atom. The maximum absolute atomic E-state index is 5.13. The number of rotatable bonds is 5. The SMILES string of the molecule is CC=C=C(CCCC)c1cccc(OC)n1. The highest BCUT2D eigenvalue weighted by Gasteiger charge is 2.03. The second-order valence-electron chi connectivity index (χ2n) is 3.58. The van der Waals surface area contributed by atoms with E-state index in [9.17, 15) is 0 Å². The van der Waals surface area contributed by atoms with Crippen molar-refractivity contribution in [1.29, 1.82) is 0 Å². The van der Waals surface area contributed by atoms with E-state index in [0.717, 1.165) is 24.1 Å². The van der Waals surface area contributed by atoms with Crippen LogP contribution in [0.4, 0.5) is 0 Å². The predicted molar refractivity (Wildman–Crippen MR) is 67.5 cm³/mol. The summed E-state index contributed by atoms with van der Waals surface area (Å²) in [5.41, 5.74) is 5.38. The van der Waals surface area contributed by atoms with Crippen molar-refractivity contribution in [2.24, 2.45) is 0 Å². The Labute approximate surface area is 97.7 Å². The first-order chi connectivity index (χ1) is 7.81. The third-order valence-electron chi connectivity index (χ3n) is 2.34. The molecule has 1 heterocycles. The van der Waals surface area contributed by atoms with E-state index in [1.54, 1.807) is 7.11 Å². The van der Waals surface area contributed by atoms with E-state index in [1.807, 2.05) is 31.2 Å². The van der Waals surface area contributed by atoms with E-state index in [0.29, 0.717) is 5.88 Å². The van der Waals surface area contributed by atoms with Crippen molar-refractivity contribution in [2.45, 2.75) is 33.1 Å². The topological polar surface area (TPSA) is 22.1 Å². The van der Waals surface area contributed by atoms with Crippen LogP contribution in [0.5, 0.6) is 5.88 Å². The highest BCUT2D eigenvalue weighted by Crippen LogP contribution is 2.19. The molecule has 0 aliphatic rings. The lowest BCUT2D eigenvalue weighted by molar-refractivity contribution is 0.397. The third kappa shape index (κ3) is 3.56. The quantitative estimate of drug-likeness (QED) is 0.699. The van der Waals surface area contributed by atoms with E-state index >= 15 is 0 Å². The first kappa shape index (κ1) is 12.5. The molecule has 0 unspecified atom stereocenters. The van der Waals surface area contributed by atoms with E-state index in [1.165, 1.54) is 6.42 Å². The zero-order chi connectivity index (χ0) is 11.8. The van der Waals surface area contributed by atoms with E-state index in [2.05, 4.69) is 17.6 Å². The molecule has 0 bridgehead atoms. The highest BCUT2D eigenvalue weighted by atomic mass is 16.5. The average molecular weight is 217 g/mol. The van der Waals surface area contributed by atoms with Gasteiger partial charge in [-0.1, -0.05) is 19.4 Å². The molecule has 0 aromatic carbocycles. The average Bonchev–Trinajstić information content (AvgIpc) is 2.34. The molecule has 0 aliphatic heterocycles. The summed E-state index contributed by atoms with van der Waals surface area (Å²) in [6.07, 6.45) is 5.29. The van der Waals surface area contributed by atoms with Crippen LogP contribution < -0.4 is 4.74 Å². The van der Waals surface area contributed by atoms with Crippen LogP contribution in [0.25, 0.3) is 5.57 Å². The fourth-order valence-corrected chi connectivity index (χ4v) is 1.50. The second-order valence-corrected chi connectivity index (χ2v) is 3.58. The molecule has 1 aromatic heterocycles. The second kappa shape index (κ2) is 6.86. The molecule has 16 heavy (non-hydrogen) atoms. The molecule has 2 nitrogen and oxygen atoms in total. The predicted octanol–water partition coefficient (Wildman–Crippen LogP) is 3.84. The van der Waals surface area contributed by atoms with Crippen molar-refractivity contribution >= 4 is 5.57 Å². The first-order valence-corrected chi connectivity index (χ1v) is 5.73. The van der Waals surface area contributed by atoms with E-state index in [-0.39, 0.29) is 0 Å². The van der Waals surface area contributed by atoms with Gasteiger partial charge in [0.1, 0.15) is 0 Å². The maximum atomic E-state index is 5.13. The maximum Gasteiger partial charge on any atom is 0.213 e. The van der Waals surface area contributed by atoms with Crippen LogP contribution in [-0.2, 0) is 0 Å². The van der Waals surface area contributed by atoms with Crippen molar-refractivity contribution in [3.05, 3.63) is 35.7 Å². The fourth-order valence-electron chi connectivity index (χ4n) is 1.50. The number of methoxy groups -OCH3 is 1. The Hall–Kier alpha value is -1.53. The van der Waals surface area contributed by atoms with Crippen molar-refractivity contribution in [3.8, 4) is 5.88 Å². The minimum Gasteiger partial charge on any atom is -0.481 e. The number of ether oxygens (including phenoxy) is 1. The molecule has 0 aliphatic carbocycles. The summed E-state index contributed by atoms with van der Waals surface area (Å²) in [7, 11) is 1.64. The molecular weight excluding hydrogens is 198 g/mol. The summed E-state index contributed by atoms with van der Waals surface area (Å²) >= 11 is 0. The third-order valence-corrected chi connectivity index (χ3v) is 2.34. The molecule has 0 amide bonds. The summed E-state index contributed by atoms with van der Waals surface area (Å²) < 4.78 is 5.13. The molecule has 86 valence electrons. The summed E-state index contributed by atoms with van der Waals surface area (Å²) in [4.78, 5) is 4.42. The molecule has 1 aromatic rings. The Morgan fingerprint density at radius 2 is 2.31 bits per heavy atom. The lowest BCUT2D eigenvalue weighted by Gasteiger charge is -2.05. The monoisotopic (exact) mass is 217 g/mol. The lowest BCUT2D eigenvalue weighted by atomic mass is 10.1. The summed E-state index contributed by atoms with van der Waals surface area (Å²) in [6, 6.07) is 5.82. The summed E-state index contributed by atoms with van der Waals surface area (Å²) in [5, 5.41) is 0. The van der Waals surface area contributed by atoms with Gasteiger partial charge in [-0.2, -0.15) is 0 Å². The Balaban J connectivity index is 2.97. The van der Waals surface area contributed by atoms with Crippen LogP contribution in [0.15, 0.2) is 30.0 Å². The van der Waals surface area contributed by atoms with Gasteiger partial charge in [-0.05, 0) is 31.9 Å². The Bertz CT molecular complexity index is 389. The number of nitrogens with zero attached hydrogens (tertiary/aromatic N) is 1. The summed E-state index contributed by atoms with van der Waals surface area (Å²) in [6.45, 7) is 4.17. The van der Waals surface area contributed by atoms with Gasteiger partial charge in [0.2, 0.25) is 5.88 Å². The van der Waals surface area contributed by atoms with Gasteiger partial charge in [-0.25, -0.2) is 4.98 Å². The zero-order valence-corrected chi connectivity index (χ0v) is 10.3. The zero-order valence-electron chi connectivity index (χ0n) is 10.3. The summed E-state index contributed by atoms with van der Waals surface area (Å²) in [5.74, 6) is 0.657. The van der Waals surface area contributed by atoms with Crippen molar-refractivity contribution in [1.82, 2.24) is 4.98 Å². The minimum atomic E-state index is 0.657. The number of pyridine rings is 1. The van der Waals surface area contributed by atoms with Crippen LogP contribution >= 0.6 is 0 Å². The number of aromatic nitrogens is 1. The van der Waals surface area contributed by atoms with Gasteiger partial charge in [-0.15, -0.1) is 5.73 Å². The smallest absolute Gasteiger partial charge is 0.213 e. The molecule has 0 radical (unpaired) electrons. The van der Waals surface area contributed by atoms with Crippen molar-refractivity contribution < 1.29 is 4.74 Å². The van der Waals surface area contributed by atoms with Gasteiger partial charge in [0, 0.05) is 11.6 Å². The molecular formula is C14H19NO. The van der Waals surface area contributed by atoms with E-state index < -0.39 is 0 Å². The van der Waals surface area contributed by atoms with Crippen LogP contribution in [0, 0.1) is 0 Å². The number of unbranched alkanes of at least 4 members (excludes halogenated alkanes) is 1.